The maximum Gasteiger partial charge on any atom is 0.0653 e. The highest BCUT2D eigenvalue weighted by Crippen LogP contribution is 2.56. The largest absolute Gasteiger partial charge is 0.392 e. The third-order valence-electron chi connectivity index (χ3n) is 4.80. The zero-order chi connectivity index (χ0) is 12.7. The zero-order valence-corrected chi connectivity index (χ0v) is 11.2. The number of fused-ring (bicyclic) bond motifs is 1. The fourth-order valence-corrected chi connectivity index (χ4v) is 3.90. The molecule has 2 nitrogen and oxygen atoms in total. The summed E-state index contributed by atoms with van der Waals surface area (Å²) in [6.45, 7) is 7.00. The summed E-state index contributed by atoms with van der Waals surface area (Å²) in [6, 6.07) is 0. The zero-order valence-electron chi connectivity index (χ0n) is 11.2. The van der Waals surface area contributed by atoms with Crippen LogP contribution in [0.1, 0.15) is 46.5 Å². The third-order valence-corrected chi connectivity index (χ3v) is 4.80. The van der Waals surface area contributed by atoms with E-state index >= 15 is 0 Å². The summed E-state index contributed by atoms with van der Waals surface area (Å²) in [6.07, 6.45) is 6.62. The highest BCUT2D eigenvalue weighted by Gasteiger charge is 2.45. The molecule has 0 spiro atoms. The van der Waals surface area contributed by atoms with E-state index in [1.54, 1.807) is 0 Å². The number of hydrogen-bond acceptors (Lipinski definition) is 2. The first kappa shape index (κ1) is 12.8. The van der Waals surface area contributed by atoms with Crippen LogP contribution in [0.15, 0.2) is 22.8 Å². The van der Waals surface area contributed by atoms with Crippen molar-refractivity contribution >= 4 is 0 Å². The van der Waals surface area contributed by atoms with Gasteiger partial charge in [-0.25, -0.2) is 0 Å². The van der Waals surface area contributed by atoms with Gasteiger partial charge >= 0.3 is 0 Å². The van der Waals surface area contributed by atoms with Crippen LogP contribution in [-0.4, -0.2) is 23.4 Å². The second-order valence-corrected chi connectivity index (χ2v) is 6.29. The summed E-state index contributed by atoms with van der Waals surface area (Å²) in [7, 11) is 0. The number of allylic oxidation sites excluding steroid dienone is 2. The molecule has 0 aliphatic heterocycles. The van der Waals surface area contributed by atoms with Gasteiger partial charge in [0, 0.05) is 5.41 Å². The minimum absolute atomic E-state index is 0.0210. The van der Waals surface area contributed by atoms with Crippen LogP contribution >= 0.6 is 0 Å². The van der Waals surface area contributed by atoms with Gasteiger partial charge in [0.25, 0.3) is 0 Å². The van der Waals surface area contributed by atoms with Gasteiger partial charge in [-0.3, -0.25) is 0 Å². The minimum atomic E-state index is -0.0210. The van der Waals surface area contributed by atoms with Gasteiger partial charge in [-0.1, -0.05) is 38.8 Å². The van der Waals surface area contributed by atoms with Crippen LogP contribution in [0.4, 0.5) is 0 Å². The summed E-state index contributed by atoms with van der Waals surface area (Å²) in [5, 5.41) is 19.1. The van der Waals surface area contributed by atoms with Crippen molar-refractivity contribution in [2.75, 3.05) is 13.2 Å². The topological polar surface area (TPSA) is 40.5 Å². The Morgan fingerprint density at radius 2 is 1.82 bits per heavy atom. The molecular weight excluding hydrogens is 212 g/mol. The Hall–Kier alpha value is -0.600. The van der Waals surface area contributed by atoms with Crippen molar-refractivity contribution in [3.63, 3.8) is 0 Å². The quantitative estimate of drug-likeness (QED) is 0.724. The average Bonchev–Trinajstić information content (AvgIpc) is 2.26. The van der Waals surface area contributed by atoms with Gasteiger partial charge in [0.15, 0.2) is 0 Å². The molecule has 1 saturated carbocycles. The molecule has 0 bridgehead atoms. The van der Waals surface area contributed by atoms with E-state index in [1.165, 1.54) is 18.4 Å². The lowest BCUT2D eigenvalue weighted by Gasteiger charge is -2.49. The van der Waals surface area contributed by atoms with Crippen molar-refractivity contribution in [3.8, 4) is 0 Å². The molecule has 2 aliphatic rings. The first-order valence-electron chi connectivity index (χ1n) is 6.60. The van der Waals surface area contributed by atoms with E-state index in [-0.39, 0.29) is 24.0 Å². The van der Waals surface area contributed by atoms with Crippen molar-refractivity contribution in [1.29, 1.82) is 0 Å². The van der Waals surface area contributed by atoms with E-state index in [4.69, 9.17) is 0 Å². The van der Waals surface area contributed by atoms with Gasteiger partial charge in [-0.05, 0) is 35.8 Å². The second kappa shape index (κ2) is 4.25. The fraction of sp³-hybridized carbons (Fsp3) is 0.733. The molecule has 2 rings (SSSR count). The van der Waals surface area contributed by atoms with Crippen molar-refractivity contribution in [3.05, 3.63) is 22.8 Å². The Morgan fingerprint density at radius 3 is 2.41 bits per heavy atom. The normalized spacial score (nSPS) is 32.2. The van der Waals surface area contributed by atoms with E-state index in [9.17, 15) is 10.2 Å². The molecule has 1 unspecified atom stereocenters. The summed E-state index contributed by atoms with van der Waals surface area (Å²) < 4.78 is 0. The van der Waals surface area contributed by atoms with Gasteiger partial charge < -0.3 is 10.2 Å². The lowest BCUT2D eigenvalue weighted by Crippen LogP contribution is -2.39. The molecule has 2 N–H and O–H groups in total. The monoisotopic (exact) mass is 236 g/mol. The van der Waals surface area contributed by atoms with Gasteiger partial charge in [0.05, 0.1) is 13.2 Å². The third kappa shape index (κ3) is 1.88. The van der Waals surface area contributed by atoms with Gasteiger partial charge in [0.2, 0.25) is 0 Å². The first-order chi connectivity index (χ1) is 7.95. The Morgan fingerprint density at radius 1 is 1.12 bits per heavy atom. The smallest absolute Gasteiger partial charge is 0.0653 e. The first-order valence-corrected chi connectivity index (χ1v) is 6.60. The SMILES string of the molecule is CC1(C)CCCC2(C)C1=CCC(CO)=C2CO. The molecule has 2 heteroatoms. The molecule has 1 atom stereocenters. The molecule has 17 heavy (non-hydrogen) atoms. The summed E-state index contributed by atoms with van der Waals surface area (Å²) in [5.74, 6) is 0. The van der Waals surface area contributed by atoms with Crippen molar-refractivity contribution in [1.82, 2.24) is 0 Å². The molecule has 1 fully saturated rings. The molecule has 0 aromatic heterocycles. The Labute approximate surface area is 104 Å². The maximum atomic E-state index is 9.67. The van der Waals surface area contributed by atoms with Crippen molar-refractivity contribution < 1.29 is 10.2 Å². The second-order valence-electron chi connectivity index (χ2n) is 6.29. The summed E-state index contributed by atoms with van der Waals surface area (Å²) in [5.41, 5.74) is 3.78. The lowest BCUT2D eigenvalue weighted by molar-refractivity contribution is 0.194. The summed E-state index contributed by atoms with van der Waals surface area (Å²) >= 11 is 0. The van der Waals surface area contributed by atoms with E-state index < -0.39 is 0 Å². The Bertz CT molecular complexity index is 376. The minimum Gasteiger partial charge on any atom is -0.392 e. The van der Waals surface area contributed by atoms with E-state index in [0.717, 1.165) is 24.0 Å². The molecule has 2 aliphatic carbocycles. The highest BCUT2D eigenvalue weighted by molar-refractivity contribution is 5.42. The number of aliphatic hydroxyl groups excluding tert-OH is 2. The number of rotatable bonds is 2. The van der Waals surface area contributed by atoms with Crippen molar-refractivity contribution in [2.24, 2.45) is 10.8 Å². The van der Waals surface area contributed by atoms with Crippen LogP contribution in [0.3, 0.4) is 0 Å². The number of hydrogen-bond donors (Lipinski definition) is 2. The number of aliphatic hydroxyl groups is 2. The molecule has 0 amide bonds. The van der Waals surface area contributed by atoms with E-state index in [2.05, 4.69) is 26.8 Å². The molecular formula is C15H24O2. The molecule has 0 aromatic rings. The predicted octanol–water partition coefficient (Wildman–Crippen LogP) is 2.81. The van der Waals surface area contributed by atoms with Gasteiger partial charge in [0.1, 0.15) is 0 Å². The molecule has 0 radical (unpaired) electrons. The summed E-state index contributed by atoms with van der Waals surface area (Å²) in [4.78, 5) is 0. The average molecular weight is 236 g/mol. The van der Waals surface area contributed by atoms with Crippen LogP contribution in [0, 0.1) is 10.8 Å². The molecule has 0 saturated heterocycles. The van der Waals surface area contributed by atoms with Crippen LogP contribution in [0.2, 0.25) is 0 Å². The van der Waals surface area contributed by atoms with Crippen LogP contribution in [-0.2, 0) is 0 Å². The van der Waals surface area contributed by atoms with Gasteiger partial charge in [-0.15, -0.1) is 0 Å². The lowest BCUT2D eigenvalue weighted by atomic mass is 9.55. The Balaban J connectivity index is 2.48. The predicted molar refractivity (Wildman–Crippen MR) is 69.6 cm³/mol. The fourth-order valence-electron chi connectivity index (χ4n) is 3.90. The maximum absolute atomic E-state index is 9.67. The van der Waals surface area contributed by atoms with E-state index in [1.807, 2.05) is 0 Å². The standard InChI is InChI=1S/C15H24O2/c1-14(2)7-4-8-15(3)12(10-17)11(9-16)5-6-13(14)15/h6,16-17H,4-5,7-10H2,1-3H3. The van der Waals surface area contributed by atoms with Crippen LogP contribution in [0.5, 0.6) is 0 Å². The highest BCUT2D eigenvalue weighted by atomic mass is 16.3. The molecule has 0 aromatic carbocycles. The molecule has 96 valence electrons. The Kier molecular flexibility index (Phi) is 3.21. The van der Waals surface area contributed by atoms with Crippen molar-refractivity contribution in [2.45, 2.75) is 46.5 Å². The van der Waals surface area contributed by atoms with Gasteiger partial charge in [-0.2, -0.15) is 0 Å². The van der Waals surface area contributed by atoms with Crippen LogP contribution < -0.4 is 0 Å². The van der Waals surface area contributed by atoms with E-state index in [0.29, 0.717) is 0 Å². The van der Waals surface area contributed by atoms with Crippen LogP contribution in [0.25, 0.3) is 0 Å². The molecule has 0 heterocycles.